The average molecular weight is 352 g/mol. The summed E-state index contributed by atoms with van der Waals surface area (Å²) in [5.41, 5.74) is 2.95. The van der Waals surface area contributed by atoms with E-state index in [1.165, 1.54) is 19.3 Å². The zero-order chi connectivity index (χ0) is 18.8. The van der Waals surface area contributed by atoms with Crippen molar-refractivity contribution in [3.8, 4) is 23.0 Å². The molecule has 136 valence electrons. The number of benzene rings is 2. The summed E-state index contributed by atoms with van der Waals surface area (Å²) in [4.78, 5) is 10.9. The van der Waals surface area contributed by atoms with Gasteiger partial charge in [0.25, 0.3) is 0 Å². The fourth-order valence-electron chi connectivity index (χ4n) is 2.71. The number of aromatic carboxylic acids is 1. The third-order valence-corrected chi connectivity index (χ3v) is 4.28. The first-order valence-corrected chi connectivity index (χ1v) is 9.19. The molecule has 0 aliphatic heterocycles. The maximum absolute atomic E-state index is 13.8. The second-order valence-electron chi connectivity index (χ2n) is 6.40. The minimum Gasteiger partial charge on any atom is -0.478 e. The molecule has 0 aliphatic carbocycles. The van der Waals surface area contributed by atoms with Gasteiger partial charge in [0.15, 0.2) is 6.17 Å². The van der Waals surface area contributed by atoms with Crippen molar-refractivity contribution >= 4 is 5.97 Å². The lowest BCUT2D eigenvalue weighted by Gasteiger charge is -2.03. The molecule has 1 N–H and O–H groups in total. The molecule has 1 atom stereocenters. The van der Waals surface area contributed by atoms with Gasteiger partial charge in [-0.05, 0) is 48.2 Å². The van der Waals surface area contributed by atoms with E-state index in [2.05, 4.69) is 18.8 Å². The Bertz CT molecular complexity index is 752. The van der Waals surface area contributed by atoms with Gasteiger partial charge in [0.2, 0.25) is 0 Å². The summed E-state index contributed by atoms with van der Waals surface area (Å²) in [5, 5.41) is 8.93. The number of hydrogen-bond acceptors (Lipinski definition) is 1. The smallest absolute Gasteiger partial charge is 0.335 e. The molecule has 0 amide bonds. The van der Waals surface area contributed by atoms with Crippen LogP contribution in [0.15, 0.2) is 48.5 Å². The molecule has 0 radical (unpaired) electrons. The lowest BCUT2D eigenvalue weighted by molar-refractivity contribution is 0.0697. The normalized spacial score (nSPS) is 11.5. The van der Waals surface area contributed by atoms with E-state index in [-0.39, 0.29) is 5.56 Å². The average Bonchev–Trinajstić information content (AvgIpc) is 2.66. The van der Waals surface area contributed by atoms with Crippen LogP contribution in [0.5, 0.6) is 0 Å². The van der Waals surface area contributed by atoms with Crippen LogP contribution in [0.4, 0.5) is 4.39 Å². The first-order chi connectivity index (χ1) is 12.6. The van der Waals surface area contributed by atoms with Crippen molar-refractivity contribution in [3.05, 3.63) is 59.7 Å². The zero-order valence-corrected chi connectivity index (χ0v) is 15.2. The lowest BCUT2D eigenvalue weighted by atomic mass is 10.0. The molecule has 0 aromatic heterocycles. The molecule has 26 heavy (non-hydrogen) atoms. The summed E-state index contributed by atoms with van der Waals surface area (Å²) in [6, 6.07) is 14.3. The van der Waals surface area contributed by atoms with Crippen molar-refractivity contribution in [1.29, 1.82) is 0 Å². The molecule has 2 rings (SSSR count). The van der Waals surface area contributed by atoms with E-state index in [0.717, 1.165) is 29.5 Å². The molecule has 2 aromatic rings. The van der Waals surface area contributed by atoms with Gasteiger partial charge in [0.1, 0.15) is 0 Å². The highest BCUT2D eigenvalue weighted by atomic mass is 19.1. The number of carboxylic acid groups (broad SMARTS) is 1. The fraction of sp³-hybridized carbons (Fsp3) is 0.348. The summed E-state index contributed by atoms with van der Waals surface area (Å²) in [7, 11) is 0. The first kappa shape index (κ1) is 19.7. The second-order valence-corrected chi connectivity index (χ2v) is 6.40. The molecular formula is C23H25FO2. The Morgan fingerprint density at radius 2 is 1.54 bits per heavy atom. The van der Waals surface area contributed by atoms with Crippen LogP contribution in [0.25, 0.3) is 11.1 Å². The number of carboxylic acids is 1. The maximum atomic E-state index is 13.8. The van der Waals surface area contributed by atoms with E-state index in [1.807, 2.05) is 24.3 Å². The SMILES string of the molecule is CCCCCCCC(F)C#Cc1ccc(-c2ccc(C(=O)O)cc2)cc1. The summed E-state index contributed by atoms with van der Waals surface area (Å²) >= 11 is 0. The van der Waals surface area contributed by atoms with Crippen LogP contribution < -0.4 is 0 Å². The van der Waals surface area contributed by atoms with E-state index < -0.39 is 12.1 Å². The standard InChI is InChI=1S/C23H25FO2/c1-2-3-4-5-6-7-22(24)17-10-18-8-11-19(12-9-18)20-13-15-21(16-14-20)23(25)26/h8-9,11-16,22H,2-7H2,1H3,(H,25,26). The highest BCUT2D eigenvalue weighted by Gasteiger charge is 2.04. The Labute approximate surface area is 155 Å². The first-order valence-electron chi connectivity index (χ1n) is 9.19. The van der Waals surface area contributed by atoms with Gasteiger partial charge in [-0.15, -0.1) is 0 Å². The topological polar surface area (TPSA) is 37.3 Å². The molecule has 0 bridgehead atoms. The minimum atomic E-state index is -1.07. The van der Waals surface area contributed by atoms with Crippen molar-refractivity contribution < 1.29 is 14.3 Å². The highest BCUT2D eigenvalue weighted by molar-refractivity contribution is 5.88. The van der Waals surface area contributed by atoms with Crippen molar-refractivity contribution in [2.24, 2.45) is 0 Å². The van der Waals surface area contributed by atoms with Crippen LogP contribution in [0.2, 0.25) is 0 Å². The number of halogens is 1. The van der Waals surface area contributed by atoms with Gasteiger partial charge in [-0.1, -0.05) is 68.7 Å². The van der Waals surface area contributed by atoms with Crippen LogP contribution in [0.1, 0.15) is 61.4 Å². The van der Waals surface area contributed by atoms with Gasteiger partial charge < -0.3 is 5.11 Å². The molecule has 3 heteroatoms. The number of hydrogen-bond donors (Lipinski definition) is 1. The van der Waals surface area contributed by atoms with Crippen molar-refractivity contribution in [3.63, 3.8) is 0 Å². The molecule has 0 fully saturated rings. The van der Waals surface area contributed by atoms with E-state index >= 15 is 0 Å². The van der Waals surface area contributed by atoms with E-state index in [0.29, 0.717) is 6.42 Å². The summed E-state index contributed by atoms with van der Waals surface area (Å²) in [6.07, 6.45) is 4.98. The quantitative estimate of drug-likeness (QED) is 0.460. The third kappa shape index (κ3) is 6.37. The molecule has 0 aliphatic rings. The molecular weight excluding hydrogens is 327 g/mol. The molecule has 1 unspecified atom stereocenters. The molecule has 0 heterocycles. The Morgan fingerprint density at radius 1 is 0.962 bits per heavy atom. The van der Waals surface area contributed by atoms with Gasteiger partial charge >= 0.3 is 5.97 Å². The number of rotatable bonds is 8. The van der Waals surface area contributed by atoms with Gasteiger partial charge in [-0.2, -0.15) is 0 Å². The van der Waals surface area contributed by atoms with Crippen LogP contribution in [-0.4, -0.2) is 17.2 Å². The van der Waals surface area contributed by atoms with Crippen molar-refractivity contribution in [2.45, 2.75) is 51.6 Å². The van der Waals surface area contributed by atoms with Crippen LogP contribution in [0.3, 0.4) is 0 Å². The van der Waals surface area contributed by atoms with Crippen molar-refractivity contribution in [1.82, 2.24) is 0 Å². The maximum Gasteiger partial charge on any atom is 0.335 e. The largest absolute Gasteiger partial charge is 0.478 e. The molecule has 0 saturated heterocycles. The summed E-state index contributed by atoms with van der Waals surface area (Å²) in [5.74, 6) is 4.65. The third-order valence-electron chi connectivity index (χ3n) is 4.28. The van der Waals surface area contributed by atoms with Gasteiger partial charge in [0.05, 0.1) is 5.56 Å². The molecule has 0 spiro atoms. The number of unbranched alkanes of at least 4 members (excludes halogenated alkanes) is 4. The number of carbonyl (C=O) groups is 1. The molecule has 0 saturated carbocycles. The second kappa shape index (κ2) is 10.4. The Balaban J connectivity index is 1.90. The molecule has 2 aromatic carbocycles. The monoisotopic (exact) mass is 352 g/mol. The van der Waals surface area contributed by atoms with E-state index in [1.54, 1.807) is 24.3 Å². The Morgan fingerprint density at radius 3 is 2.12 bits per heavy atom. The van der Waals surface area contributed by atoms with E-state index in [9.17, 15) is 9.18 Å². The highest BCUT2D eigenvalue weighted by Crippen LogP contribution is 2.20. The summed E-state index contributed by atoms with van der Waals surface area (Å²) in [6.45, 7) is 2.17. The van der Waals surface area contributed by atoms with Gasteiger partial charge in [-0.3, -0.25) is 0 Å². The van der Waals surface area contributed by atoms with Crippen LogP contribution in [0, 0.1) is 11.8 Å². The Hall–Kier alpha value is -2.60. The zero-order valence-electron chi connectivity index (χ0n) is 15.2. The van der Waals surface area contributed by atoms with Crippen LogP contribution in [-0.2, 0) is 0 Å². The predicted molar refractivity (Wildman–Crippen MR) is 104 cm³/mol. The van der Waals surface area contributed by atoms with Crippen molar-refractivity contribution in [2.75, 3.05) is 0 Å². The predicted octanol–water partition coefficient (Wildman–Crippen LogP) is 6.10. The Kier molecular flexibility index (Phi) is 7.89. The molecule has 2 nitrogen and oxygen atoms in total. The minimum absolute atomic E-state index is 0.264. The lowest BCUT2D eigenvalue weighted by Crippen LogP contribution is -1.95. The van der Waals surface area contributed by atoms with Gasteiger partial charge in [0, 0.05) is 5.56 Å². The van der Waals surface area contributed by atoms with E-state index in [4.69, 9.17) is 5.11 Å². The van der Waals surface area contributed by atoms with Gasteiger partial charge in [-0.25, -0.2) is 9.18 Å². The van der Waals surface area contributed by atoms with Crippen LogP contribution >= 0.6 is 0 Å². The summed E-state index contributed by atoms with van der Waals surface area (Å²) < 4.78 is 13.8. The number of alkyl halides is 1. The fourth-order valence-corrected chi connectivity index (χ4v) is 2.71.